The first kappa shape index (κ1) is 12.7. The van der Waals surface area contributed by atoms with Crippen LogP contribution in [0.25, 0.3) is 0 Å². The molecule has 4 nitrogen and oxygen atoms in total. The van der Waals surface area contributed by atoms with E-state index in [1.165, 1.54) is 6.07 Å². The molecule has 1 amide bonds. The summed E-state index contributed by atoms with van der Waals surface area (Å²) < 4.78 is 0. The van der Waals surface area contributed by atoms with Crippen molar-refractivity contribution in [3.05, 3.63) is 59.2 Å². The second-order valence-corrected chi connectivity index (χ2v) is 4.14. The number of nitrogens with zero attached hydrogens (tertiary/aromatic N) is 1. The summed E-state index contributed by atoms with van der Waals surface area (Å²) in [4.78, 5) is 12.0. The number of nitriles is 1. The van der Waals surface area contributed by atoms with Crippen LogP contribution in [0.1, 0.15) is 21.5 Å². The van der Waals surface area contributed by atoms with Gasteiger partial charge in [-0.1, -0.05) is 0 Å². The van der Waals surface area contributed by atoms with Gasteiger partial charge in [-0.25, -0.2) is 0 Å². The molecule has 0 bridgehead atoms. The molecule has 2 rings (SSSR count). The Balaban J connectivity index is 2.18. The number of carbonyl (C=O) groups is 1. The lowest BCUT2D eigenvalue weighted by Crippen LogP contribution is -2.12. The smallest absolute Gasteiger partial charge is 0.255 e. The highest BCUT2D eigenvalue weighted by Crippen LogP contribution is 2.20. The van der Waals surface area contributed by atoms with Crippen LogP contribution in [-0.2, 0) is 0 Å². The normalized spacial score (nSPS) is 9.68. The maximum atomic E-state index is 12.0. The highest BCUT2D eigenvalue weighted by Gasteiger charge is 2.08. The van der Waals surface area contributed by atoms with Gasteiger partial charge in [-0.2, -0.15) is 5.26 Å². The lowest BCUT2D eigenvalue weighted by Gasteiger charge is -2.08. The Kier molecular flexibility index (Phi) is 3.48. The van der Waals surface area contributed by atoms with Gasteiger partial charge in [0.1, 0.15) is 5.75 Å². The van der Waals surface area contributed by atoms with Gasteiger partial charge in [0.15, 0.2) is 0 Å². The molecule has 0 saturated heterocycles. The second kappa shape index (κ2) is 5.23. The number of phenolic OH excluding ortho intramolecular Hbond substituents is 1. The number of amides is 1. The zero-order valence-electron chi connectivity index (χ0n) is 10.3. The van der Waals surface area contributed by atoms with Gasteiger partial charge in [-0.15, -0.1) is 0 Å². The molecule has 0 aliphatic carbocycles. The monoisotopic (exact) mass is 252 g/mol. The van der Waals surface area contributed by atoms with Crippen LogP contribution < -0.4 is 5.32 Å². The van der Waals surface area contributed by atoms with Crippen molar-refractivity contribution in [2.75, 3.05) is 5.32 Å². The maximum absolute atomic E-state index is 12.0. The topological polar surface area (TPSA) is 73.1 Å². The number of aryl methyl sites for hydroxylation is 1. The summed E-state index contributed by atoms with van der Waals surface area (Å²) in [6.45, 7) is 1.80. The highest BCUT2D eigenvalue weighted by atomic mass is 16.3. The largest absolute Gasteiger partial charge is 0.508 e. The third-order valence-electron chi connectivity index (χ3n) is 2.73. The number of hydrogen-bond donors (Lipinski definition) is 2. The summed E-state index contributed by atoms with van der Waals surface area (Å²) in [6, 6.07) is 13.1. The minimum absolute atomic E-state index is 0.161. The molecule has 0 aliphatic rings. The Labute approximate surface area is 110 Å². The summed E-state index contributed by atoms with van der Waals surface area (Å²) in [5.74, 6) is -0.0906. The van der Waals surface area contributed by atoms with E-state index in [-0.39, 0.29) is 11.7 Å². The SMILES string of the molecule is Cc1cc(O)ccc1NC(=O)c1ccc(C#N)cc1. The number of carbonyl (C=O) groups excluding carboxylic acids is 1. The van der Waals surface area contributed by atoms with Gasteiger partial charge in [-0.05, 0) is 55.0 Å². The zero-order valence-corrected chi connectivity index (χ0v) is 10.3. The molecule has 0 fully saturated rings. The third kappa shape index (κ3) is 2.90. The van der Waals surface area contributed by atoms with Gasteiger partial charge in [-0.3, -0.25) is 4.79 Å². The molecule has 19 heavy (non-hydrogen) atoms. The first-order valence-electron chi connectivity index (χ1n) is 5.71. The number of rotatable bonds is 2. The van der Waals surface area contributed by atoms with Crippen molar-refractivity contribution in [2.24, 2.45) is 0 Å². The summed E-state index contributed by atoms with van der Waals surface area (Å²) in [7, 11) is 0. The minimum Gasteiger partial charge on any atom is -0.508 e. The second-order valence-electron chi connectivity index (χ2n) is 4.14. The lowest BCUT2D eigenvalue weighted by molar-refractivity contribution is 0.102. The highest BCUT2D eigenvalue weighted by molar-refractivity contribution is 6.04. The van der Waals surface area contributed by atoms with Gasteiger partial charge in [0.25, 0.3) is 5.91 Å². The molecule has 0 aliphatic heterocycles. The molecule has 0 saturated carbocycles. The van der Waals surface area contributed by atoms with E-state index in [4.69, 9.17) is 5.26 Å². The first-order valence-corrected chi connectivity index (χ1v) is 5.71. The van der Waals surface area contributed by atoms with Crippen LogP contribution in [0.2, 0.25) is 0 Å². The Hall–Kier alpha value is -2.80. The number of aromatic hydroxyl groups is 1. The average molecular weight is 252 g/mol. The van der Waals surface area contributed by atoms with Gasteiger partial charge >= 0.3 is 0 Å². The molecule has 0 radical (unpaired) electrons. The Morgan fingerprint density at radius 1 is 1.21 bits per heavy atom. The Morgan fingerprint density at radius 2 is 1.89 bits per heavy atom. The predicted octanol–water partition coefficient (Wildman–Crippen LogP) is 2.82. The molecule has 94 valence electrons. The van der Waals surface area contributed by atoms with E-state index in [9.17, 15) is 9.90 Å². The van der Waals surface area contributed by atoms with Crippen LogP contribution in [-0.4, -0.2) is 11.0 Å². The minimum atomic E-state index is -0.252. The van der Waals surface area contributed by atoms with Crippen LogP contribution >= 0.6 is 0 Å². The standard InChI is InChI=1S/C15H12N2O2/c1-10-8-13(18)6-7-14(10)17-15(19)12-4-2-11(9-16)3-5-12/h2-8,18H,1H3,(H,17,19). The van der Waals surface area contributed by atoms with Crippen molar-refractivity contribution in [1.29, 1.82) is 5.26 Å². The van der Waals surface area contributed by atoms with Crippen molar-refractivity contribution in [3.8, 4) is 11.8 Å². The summed E-state index contributed by atoms with van der Waals surface area (Å²) >= 11 is 0. The molecule has 2 aromatic rings. The maximum Gasteiger partial charge on any atom is 0.255 e. The number of nitrogens with one attached hydrogen (secondary N) is 1. The molecule has 4 heteroatoms. The lowest BCUT2D eigenvalue weighted by atomic mass is 10.1. The van der Waals surface area contributed by atoms with Crippen LogP contribution in [0, 0.1) is 18.3 Å². The molecule has 0 unspecified atom stereocenters. The van der Waals surface area contributed by atoms with E-state index in [1.54, 1.807) is 43.3 Å². The van der Waals surface area contributed by atoms with E-state index in [2.05, 4.69) is 5.32 Å². The summed E-state index contributed by atoms with van der Waals surface area (Å²) in [6.07, 6.45) is 0. The quantitative estimate of drug-likeness (QED) is 0.807. The van der Waals surface area contributed by atoms with Crippen LogP contribution in [0.3, 0.4) is 0 Å². The zero-order chi connectivity index (χ0) is 13.8. The molecule has 0 spiro atoms. The molecule has 0 aromatic heterocycles. The first-order chi connectivity index (χ1) is 9.10. The van der Waals surface area contributed by atoms with Gasteiger partial charge in [0.2, 0.25) is 0 Å². The molecular weight excluding hydrogens is 240 g/mol. The number of phenols is 1. The summed E-state index contributed by atoms with van der Waals surface area (Å²) in [5.41, 5.74) is 2.41. The Morgan fingerprint density at radius 3 is 2.47 bits per heavy atom. The fraction of sp³-hybridized carbons (Fsp3) is 0.0667. The third-order valence-corrected chi connectivity index (χ3v) is 2.73. The van der Waals surface area contributed by atoms with Gasteiger partial charge < -0.3 is 10.4 Å². The number of anilines is 1. The van der Waals surface area contributed by atoms with Crippen LogP contribution in [0.5, 0.6) is 5.75 Å². The Bertz CT molecular complexity index is 655. The average Bonchev–Trinajstić information content (AvgIpc) is 2.42. The van der Waals surface area contributed by atoms with E-state index >= 15 is 0 Å². The van der Waals surface area contributed by atoms with E-state index in [0.717, 1.165) is 5.56 Å². The fourth-order valence-corrected chi connectivity index (χ4v) is 1.68. The van der Waals surface area contributed by atoms with Gasteiger partial charge in [0, 0.05) is 11.3 Å². The molecule has 2 aromatic carbocycles. The van der Waals surface area contributed by atoms with Crippen molar-refractivity contribution >= 4 is 11.6 Å². The van der Waals surface area contributed by atoms with Crippen LogP contribution in [0.4, 0.5) is 5.69 Å². The molecule has 0 atom stereocenters. The van der Waals surface area contributed by atoms with E-state index in [0.29, 0.717) is 16.8 Å². The van der Waals surface area contributed by atoms with Crippen molar-refractivity contribution in [3.63, 3.8) is 0 Å². The van der Waals surface area contributed by atoms with E-state index < -0.39 is 0 Å². The number of hydrogen-bond acceptors (Lipinski definition) is 3. The van der Waals surface area contributed by atoms with Crippen molar-refractivity contribution in [1.82, 2.24) is 0 Å². The van der Waals surface area contributed by atoms with Crippen molar-refractivity contribution < 1.29 is 9.90 Å². The van der Waals surface area contributed by atoms with Crippen molar-refractivity contribution in [2.45, 2.75) is 6.92 Å². The van der Waals surface area contributed by atoms with Gasteiger partial charge in [0.05, 0.1) is 11.6 Å². The van der Waals surface area contributed by atoms with E-state index in [1.807, 2.05) is 6.07 Å². The predicted molar refractivity (Wildman–Crippen MR) is 72.0 cm³/mol. The van der Waals surface area contributed by atoms with Crippen LogP contribution in [0.15, 0.2) is 42.5 Å². The molecule has 0 heterocycles. The number of benzene rings is 2. The molecular formula is C15H12N2O2. The summed E-state index contributed by atoms with van der Waals surface area (Å²) in [5, 5.41) is 20.8. The fourth-order valence-electron chi connectivity index (χ4n) is 1.68. The molecule has 2 N–H and O–H groups in total.